The van der Waals surface area contributed by atoms with Gasteiger partial charge in [-0.15, -0.1) is 0 Å². The zero-order valence-corrected chi connectivity index (χ0v) is 12.1. The Bertz CT molecular complexity index is 626. The average Bonchev–Trinajstić information content (AvgIpc) is 2.35. The third-order valence-corrected chi connectivity index (χ3v) is 3.74. The van der Waals surface area contributed by atoms with Crippen molar-refractivity contribution in [1.82, 2.24) is 0 Å². The van der Waals surface area contributed by atoms with E-state index in [9.17, 15) is 13.9 Å². The van der Waals surface area contributed by atoms with Crippen molar-refractivity contribution in [3.05, 3.63) is 68.7 Å². The molecule has 1 atom stereocenters. The Morgan fingerprint density at radius 3 is 2.26 bits per heavy atom. The molecule has 0 heterocycles. The minimum atomic E-state index is -1.20. The first-order chi connectivity index (χ1) is 8.91. The fourth-order valence-corrected chi connectivity index (χ4v) is 2.60. The Morgan fingerprint density at radius 1 is 1.00 bits per heavy atom. The van der Waals surface area contributed by atoms with Crippen molar-refractivity contribution < 1.29 is 13.9 Å². The van der Waals surface area contributed by atoms with Crippen LogP contribution >= 0.6 is 15.9 Å². The fraction of sp³-hybridized carbons (Fsp3) is 0.200. The van der Waals surface area contributed by atoms with Crippen molar-refractivity contribution in [2.45, 2.75) is 20.0 Å². The first kappa shape index (κ1) is 14.2. The van der Waals surface area contributed by atoms with Crippen LogP contribution in [0.3, 0.4) is 0 Å². The molecule has 0 radical (unpaired) electrons. The normalized spacial score (nSPS) is 12.5. The van der Waals surface area contributed by atoms with Gasteiger partial charge in [0, 0.05) is 10.0 Å². The summed E-state index contributed by atoms with van der Waals surface area (Å²) in [4.78, 5) is 0. The van der Waals surface area contributed by atoms with Crippen molar-refractivity contribution in [2.75, 3.05) is 0 Å². The van der Waals surface area contributed by atoms with Gasteiger partial charge in [0.05, 0.1) is 0 Å². The van der Waals surface area contributed by atoms with Gasteiger partial charge in [-0.3, -0.25) is 0 Å². The lowest BCUT2D eigenvalue weighted by molar-refractivity contribution is 0.212. The Morgan fingerprint density at radius 2 is 1.63 bits per heavy atom. The van der Waals surface area contributed by atoms with E-state index in [1.54, 1.807) is 6.07 Å². The van der Waals surface area contributed by atoms with Crippen LogP contribution in [-0.2, 0) is 0 Å². The number of hydrogen-bond donors (Lipinski definition) is 1. The highest BCUT2D eigenvalue weighted by molar-refractivity contribution is 9.10. The lowest BCUT2D eigenvalue weighted by Crippen LogP contribution is -2.06. The van der Waals surface area contributed by atoms with Crippen LogP contribution in [-0.4, -0.2) is 5.11 Å². The molecule has 19 heavy (non-hydrogen) atoms. The van der Waals surface area contributed by atoms with Gasteiger partial charge in [-0.1, -0.05) is 40.2 Å². The van der Waals surface area contributed by atoms with E-state index < -0.39 is 17.7 Å². The Kier molecular flexibility index (Phi) is 4.02. The molecule has 2 rings (SSSR count). The molecule has 0 aliphatic heterocycles. The van der Waals surface area contributed by atoms with Gasteiger partial charge >= 0.3 is 0 Å². The van der Waals surface area contributed by atoms with Crippen molar-refractivity contribution in [3.63, 3.8) is 0 Å². The molecule has 0 amide bonds. The molecular weight excluding hydrogens is 314 g/mol. The van der Waals surface area contributed by atoms with Crippen molar-refractivity contribution in [3.8, 4) is 0 Å². The zero-order chi connectivity index (χ0) is 14.2. The molecule has 0 saturated carbocycles. The molecule has 0 aromatic heterocycles. The first-order valence-corrected chi connectivity index (χ1v) is 6.59. The standard InChI is InChI=1S/C15H13BrF2O/c1-8-3-5-10(12(16)7-8)15(19)11-6-4-9(2)13(17)14(11)18/h3-7,15,19H,1-2H3. The number of benzene rings is 2. The van der Waals surface area contributed by atoms with E-state index in [1.165, 1.54) is 19.1 Å². The summed E-state index contributed by atoms with van der Waals surface area (Å²) >= 11 is 3.33. The molecule has 1 unspecified atom stereocenters. The highest BCUT2D eigenvalue weighted by atomic mass is 79.9. The second-order valence-corrected chi connectivity index (χ2v) is 5.38. The molecule has 4 heteroatoms. The van der Waals surface area contributed by atoms with Crippen LogP contribution in [0.1, 0.15) is 28.4 Å². The van der Waals surface area contributed by atoms with E-state index in [0.717, 1.165) is 5.56 Å². The first-order valence-electron chi connectivity index (χ1n) is 5.80. The Labute approximate surface area is 119 Å². The quantitative estimate of drug-likeness (QED) is 0.865. The molecule has 0 spiro atoms. The summed E-state index contributed by atoms with van der Waals surface area (Å²) in [5.74, 6) is -1.92. The monoisotopic (exact) mass is 326 g/mol. The van der Waals surface area contributed by atoms with Gasteiger partial charge in [-0.05, 0) is 36.6 Å². The Balaban J connectivity index is 2.50. The van der Waals surface area contributed by atoms with Crippen molar-refractivity contribution in [2.24, 2.45) is 0 Å². The predicted octanol–water partition coefficient (Wildman–Crippen LogP) is 4.43. The maximum absolute atomic E-state index is 13.9. The molecule has 0 bridgehead atoms. The number of aliphatic hydroxyl groups excluding tert-OH is 1. The molecule has 2 aromatic rings. The van der Waals surface area contributed by atoms with Gasteiger partial charge in [-0.2, -0.15) is 0 Å². The van der Waals surface area contributed by atoms with E-state index in [0.29, 0.717) is 10.0 Å². The topological polar surface area (TPSA) is 20.2 Å². The molecule has 0 aliphatic rings. The summed E-state index contributed by atoms with van der Waals surface area (Å²) in [6, 6.07) is 8.19. The summed E-state index contributed by atoms with van der Waals surface area (Å²) in [5, 5.41) is 10.2. The zero-order valence-electron chi connectivity index (χ0n) is 10.5. The summed E-state index contributed by atoms with van der Waals surface area (Å²) < 4.78 is 28.1. The number of hydrogen-bond acceptors (Lipinski definition) is 1. The summed E-state index contributed by atoms with van der Waals surface area (Å²) in [7, 11) is 0. The predicted molar refractivity (Wildman–Crippen MR) is 74.0 cm³/mol. The molecule has 0 fully saturated rings. The number of aliphatic hydroxyl groups is 1. The molecular formula is C15H13BrF2O. The highest BCUT2D eigenvalue weighted by Gasteiger charge is 2.20. The van der Waals surface area contributed by atoms with Gasteiger partial charge in [0.1, 0.15) is 6.10 Å². The van der Waals surface area contributed by atoms with Crippen LogP contribution in [0.15, 0.2) is 34.8 Å². The molecule has 0 saturated heterocycles. The van der Waals surface area contributed by atoms with Crippen molar-refractivity contribution in [1.29, 1.82) is 0 Å². The smallest absolute Gasteiger partial charge is 0.165 e. The van der Waals surface area contributed by atoms with Crippen LogP contribution in [0.2, 0.25) is 0 Å². The maximum atomic E-state index is 13.9. The van der Waals surface area contributed by atoms with Crippen LogP contribution < -0.4 is 0 Å². The van der Waals surface area contributed by atoms with Gasteiger partial charge in [0.15, 0.2) is 11.6 Å². The molecule has 1 nitrogen and oxygen atoms in total. The maximum Gasteiger partial charge on any atom is 0.165 e. The van der Waals surface area contributed by atoms with Crippen LogP contribution in [0.5, 0.6) is 0 Å². The second kappa shape index (κ2) is 5.39. The summed E-state index contributed by atoms with van der Waals surface area (Å²) in [6.45, 7) is 3.39. The number of rotatable bonds is 2. The minimum absolute atomic E-state index is 0.0624. The summed E-state index contributed by atoms with van der Waals surface area (Å²) in [6.07, 6.45) is -1.20. The van der Waals surface area contributed by atoms with Crippen molar-refractivity contribution >= 4 is 15.9 Å². The van der Waals surface area contributed by atoms with E-state index >= 15 is 0 Å². The van der Waals surface area contributed by atoms with E-state index in [2.05, 4.69) is 15.9 Å². The molecule has 100 valence electrons. The minimum Gasteiger partial charge on any atom is -0.384 e. The van der Waals surface area contributed by atoms with Crippen LogP contribution in [0.25, 0.3) is 0 Å². The highest BCUT2D eigenvalue weighted by Crippen LogP contribution is 2.31. The molecule has 2 aromatic carbocycles. The van der Waals surface area contributed by atoms with E-state index in [4.69, 9.17) is 0 Å². The second-order valence-electron chi connectivity index (χ2n) is 4.53. The Hall–Kier alpha value is -1.26. The van der Waals surface area contributed by atoms with Gasteiger partial charge in [0.25, 0.3) is 0 Å². The van der Waals surface area contributed by atoms with Gasteiger partial charge < -0.3 is 5.11 Å². The third-order valence-electron chi connectivity index (χ3n) is 3.05. The van der Waals surface area contributed by atoms with E-state index in [-0.39, 0.29) is 11.1 Å². The number of halogens is 3. The molecule has 1 N–H and O–H groups in total. The summed E-state index contributed by atoms with van der Waals surface area (Å²) in [5.41, 5.74) is 1.68. The lowest BCUT2D eigenvalue weighted by Gasteiger charge is -2.15. The largest absolute Gasteiger partial charge is 0.384 e. The lowest BCUT2D eigenvalue weighted by atomic mass is 9.99. The van der Waals surface area contributed by atoms with Crippen LogP contribution in [0.4, 0.5) is 8.78 Å². The van der Waals surface area contributed by atoms with Crippen LogP contribution in [0, 0.1) is 25.5 Å². The van der Waals surface area contributed by atoms with Gasteiger partial charge in [-0.25, -0.2) is 8.78 Å². The average molecular weight is 327 g/mol. The SMILES string of the molecule is Cc1ccc(C(O)c2ccc(C)c(F)c2F)c(Br)c1. The van der Waals surface area contributed by atoms with Gasteiger partial charge in [0.2, 0.25) is 0 Å². The van der Waals surface area contributed by atoms with E-state index in [1.807, 2.05) is 19.1 Å². The molecule has 0 aliphatic carbocycles. The number of aryl methyl sites for hydroxylation is 2. The fourth-order valence-electron chi connectivity index (χ4n) is 1.89. The third kappa shape index (κ3) is 2.69.